The van der Waals surface area contributed by atoms with Gasteiger partial charge in [0.25, 0.3) is 0 Å². The second-order valence-corrected chi connectivity index (χ2v) is 3.12. The summed E-state index contributed by atoms with van der Waals surface area (Å²) in [7, 11) is 2.66. The van der Waals surface area contributed by atoms with Crippen LogP contribution >= 0.6 is 0 Å². The van der Waals surface area contributed by atoms with Crippen LogP contribution < -0.4 is 5.11 Å². The van der Waals surface area contributed by atoms with Gasteiger partial charge in [0, 0.05) is 14.2 Å². The molecular weight excluding hydrogens is 192 g/mol. The molecule has 0 radical (unpaired) electrons. The fourth-order valence-electron chi connectivity index (χ4n) is 1.52. The van der Waals surface area contributed by atoms with Crippen molar-refractivity contribution in [3.05, 3.63) is 0 Å². The van der Waals surface area contributed by atoms with Crippen molar-refractivity contribution in [1.29, 1.82) is 0 Å². The average molecular weight is 207 g/mol. The lowest BCUT2D eigenvalue weighted by atomic mass is 9.99. The van der Waals surface area contributed by atoms with Gasteiger partial charge in [-0.2, -0.15) is 0 Å². The molecule has 1 rings (SSSR count). The van der Waals surface area contributed by atoms with E-state index in [4.69, 9.17) is 19.3 Å². The van der Waals surface area contributed by atoms with Crippen molar-refractivity contribution in [3.63, 3.8) is 0 Å². The van der Waals surface area contributed by atoms with E-state index in [2.05, 4.69) is 0 Å². The molecule has 0 aromatic carbocycles. The summed E-state index contributed by atoms with van der Waals surface area (Å²) < 4.78 is 14.7. The Kier molecular flexibility index (Phi) is 4.24. The van der Waals surface area contributed by atoms with Gasteiger partial charge in [-0.25, -0.2) is 0 Å². The van der Waals surface area contributed by atoms with Gasteiger partial charge in [0.2, 0.25) is 0 Å². The number of aliphatic hydroxyl groups is 2. The Balaban J connectivity index is 2.71. The van der Waals surface area contributed by atoms with Crippen LogP contribution in [0.25, 0.3) is 0 Å². The van der Waals surface area contributed by atoms with Crippen LogP contribution in [-0.4, -0.2) is 61.7 Å². The lowest BCUT2D eigenvalue weighted by Gasteiger charge is -2.46. The molecule has 1 heterocycles. The van der Waals surface area contributed by atoms with Crippen molar-refractivity contribution < 1.29 is 29.5 Å². The normalized spacial score (nSPS) is 43.9. The average Bonchev–Trinajstić information content (AvgIpc) is 2.21. The first-order chi connectivity index (χ1) is 6.65. The van der Waals surface area contributed by atoms with Gasteiger partial charge >= 0.3 is 0 Å². The molecule has 1 fully saturated rings. The molecule has 0 saturated carbocycles. The van der Waals surface area contributed by atoms with Gasteiger partial charge in [-0.3, -0.25) is 0 Å². The summed E-state index contributed by atoms with van der Waals surface area (Å²) in [5.74, 6) is 0. The zero-order valence-corrected chi connectivity index (χ0v) is 8.12. The van der Waals surface area contributed by atoms with Crippen molar-refractivity contribution in [2.75, 3.05) is 20.8 Å². The van der Waals surface area contributed by atoms with Crippen LogP contribution in [0.3, 0.4) is 0 Å². The molecule has 1 saturated heterocycles. The van der Waals surface area contributed by atoms with Crippen molar-refractivity contribution in [3.8, 4) is 0 Å². The highest BCUT2D eigenvalue weighted by Gasteiger charge is 2.40. The smallest absolute Gasteiger partial charge is 0.148 e. The Hall–Kier alpha value is -0.240. The second kappa shape index (κ2) is 5.01. The third-order valence-corrected chi connectivity index (χ3v) is 2.30. The Labute approximate surface area is 82.0 Å². The highest BCUT2D eigenvalue weighted by atomic mass is 16.7. The van der Waals surface area contributed by atoms with Crippen molar-refractivity contribution in [1.82, 2.24) is 0 Å². The van der Waals surface area contributed by atoms with Gasteiger partial charge in [-0.15, -0.1) is 0 Å². The molecule has 0 aromatic rings. The van der Waals surface area contributed by atoms with E-state index in [0.717, 1.165) is 0 Å². The largest absolute Gasteiger partial charge is 0.846 e. The van der Waals surface area contributed by atoms with E-state index in [1.54, 1.807) is 0 Å². The predicted molar refractivity (Wildman–Crippen MR) is 43.3 cm³/mol. The van der Waals surface area contributed by atoms with E-state index in [-0.39, 0.29) is 6.61 Å². The molecule has 0 spiro atoms. The number of hydrogen-bond donors (Lipinski definition) is 2. The quantitative estimate of drug-likeness (QED) is 0.529. The molecule has 0 amide bonds. The number of hydrogen-bond acceptors (Lipinski definition) is 6. The van der Waals surface area contributed by atoms with Gasteiger partial charge < -0.3 is 29.5 Å². The lowest BCUT2D eigenvalue weighted by Crippen LogP contribution is -2.64. The Morgan fingerprint density at radius 1 is 1.36 bits per heavy atom. The third-order valence-electron chi connectivity index (χ3n) is 2.30. The monoisotopic (exact) mass is 207 g/mol. The van der Waals surface area contributed by atoms with E-state index >= 15 is 0 Å². The maximum Gasteiger partial charge on any atom is 0.148 e. The molecule has 6 nitrogen and oxygen atoms in total. The maximum atomic E-state index is 11.4. The van der Waals surface area contributed by atoms with Crippen molar-refractivity contribution >= 4 is 0 Å². The van der Waals surface area contributed by atoms with E-state index in [1.165, 1.54) is 14.2 Å². The van der Waals surface area contributed by atoms with Gasteiger partial charge in [0.05, 0.1) is 12.7 Å². The van der Waals surface area contributed by atoms with E-state index in [9.17, 15) is 10.2 Å². The number of methoxy groups -OCH3 is 2. The molecule has 0 bridgehead atoms. The van der Waals surface area contributed by atoms with Crippen LogP contribution in [0.15, 0.2) is 0 Å². The van der Waals surface area contributed by atoms with Crippen molar-refractivity contribution in [2.45, 2.75) is 30.7 Å². The highest BCUT2D eigenvalue weighted by Crippen LogP contribution is 2.21. The van der Waals surface area contributed by atoms with Gasteiger partial charge in [0.15, 0.2) is 0 Å². The van der Waals surface area contributed by atoms with Crippen LogP contribution in [0, 0.1) is 0 Å². The first-order valence-electron chi connectivity index (χ1n) is 4.31. The first kappa shape index (κ1) is 11.8. The fourth-order valence-corrected chi connectivity index (χ4v) is 1.52. The van der Waals surface area contributed by atoms with Crippen LogP contribution in [0.2, 0.25) is 0 Å². The topological polar surface area (TPSA) is 91.2 Å². The number of aliphatic hydroxyl groups excluding tert-OH is 2. The lowest BCUT2D eigenvalue weighted by molar-refractivity contribution is -0.500. The molecule has 14 heavy (non-hydrogen) atoms. The second-order valence-electron chi connectivity index (χ2n) is 3.12. The summed E-state index contributed by atoms with van der Waals surface area (Å²) in [6.45, 7) is -0.331. The summed E-state index contributed by atoms with van der Waals surface area (Å²) in [6.07, 6.45) is -5.25. The summed E-state index contributed by atoms with van der Waals surface area (Å²) in [5.41, 5.74) is 0. The molecule has 2 unspecified atom stereocenters. The number of ether oxygens (including phenoxy) is 3. The molecule has 84 valence electrons. The third kappa shape index (κ3) is 2.05. The SMILES string of the molecule is CO[C@@H]1OC(CO)[C@H](OC)[C@@H](O)C1[O-]. The van der Waals surface area contributed by atoms with Crippen LogP contribution in [0.5, 0.6) is 0 Å². The Bertz CT molecular complexity index is 173. The number of rotatable bonds is 3. The first-order valence-corrected chi connectivity index (χ1v) is 4.31. The molecule has 2 N–H and O–H groups in total. The molecule has 5 atom stereocenters. The summed E-state index contributed by atoms with van der Waals surface area (Å²) in [6, 6.07) is 0. The molecule has 0 aliphatic carbocycles. The van der Waals surface area contributed by atoms with Gasteiger partial charge in [0.1, 0.15) is 18.5 Å². The van der Waals surface area contributed by atoms with E-state index in [1.807, 2.05) is 0 Å². The van der Waals surface area contributed by atoms with Crippen LogP contribution in [-0.2, 0) is 14.2 Å². The van der Waals surface area contributed by atoms with Crippen LogP contribution in [0.4, 0.5) is 0 Å². The molecular formula is C8H15O6-. The fraction of sp³-hybridized carbons (Fsp3) is 1.00. The standard InChI is InChI=1S/C8H15O6/c1-12-7-4(3-9)14-8(13-2)6(11)5(7)10/h4-10H,3H2,1-2H3/q-1/t4?,5-,6?,7-,8+/m0/s1. The summed E-state index contributed by atoms with van der Waals surface area (Å²) in [4.78, 5) is 0. The molecule has 0 aromatic heterocycles. The Morgan fingerprint density at radius 2 is 2.00 bits per heavy atom. The predicted octanol–water partition coefficient (Wildman–Crippen LogP) is -2.55. The van der Waals surface area contributed by atoms with Crippen molar-refractivity contribution in [2.24, 2.45) is 0 Å². The Morgan fingerprint density at radius 3 is 2.43 bits per heavy atom. The zero-order chi connectivity index (χ0) is 10.7. The molecule has 1 aliphatic heterocycles. The minimum Gasteiger partial charge on any atom is -0.846 e. The van der Waals surface area contributed by atoms with E-state index < -0.39 is 30.7 Å². The summed E-state index contributed by atoms with van der Waals surface area (Å²) >= 11 is 0. The minimum absolute atomic E-state index is 0.331. The summed E-state index contributed by atoms with van der Waals surface area (Å²) in [5, 5.41) is 29.9. The molecule has 1 aliphatic rings. The minimum atomic E-state index is -1.42. The van der Waals surface area contributed by atoms with Gasteiger partial charge in [-0.1, -0.05) is 0 Å². The van der Waals surface area contributed by atoms with Gasteiger partial charge in [-0.05, 0) is 6.10 Å². The zero-order valence-electron chi connectivity index (χ0n) is 8.12. The highest BCUT2D eigenvalue weighted by molar-refractivity contribution is 4.89. The maximum absolute atomic E-state index is 11.4. The van der Waals surface area contributed by atoms with Crippen LogP contribution in [0.1, 0.15) is 0 Å². The molecule has 6 heteroatoms. The van der Waals surface area contributed by atoms with E-state index in [0.29, 0.717) is 0 Å².